The SMILES string of the molecule is CCNCc1sc(-c2ccc(C)cc2OC)nc1C1CC1. The summed E-state index contributed by atoms with van der Waals surface area (Å²) in [7, 11) is 1.73. The maximum Gasteiger partial charge on any atom is 0.129 e. The molecule has 4 heteroatoms. The number of nitrogens with one attached hydrogen (secondary N) is 1. The fourth-order valence-electron chi connectivity index (χ4n) is 2.49. The van der Waals surface area contributed by atoms with Crippen LogP contribution in [0.2, 0.25) is 0 Å². The van der Waals surface area contributed by atoms with Crippen molar-refractivity contribution in [1.82, 2.24) is 10.3 Å². The van der Waals surface area contributed by atoms with Gasteiger partial charge in [0.25, 0.3) is 0 Å². The molecule has 0 radical (unpaired) electrons. The van der Waals surface area contributed by atoms with Gasteiger partial charge in [-0.15, -0.1) is 11.3 Å². The standard InChI is InChI=1S/C17H22N2OS/c1-4-18-10-15-16(12-6-7-12)19-17(21-15)13-8-5-11(2)9-14(13)20-3/h5,8-9,12,18H,4,6-7,10H2,1-3H3. The van der Waals surface area contributed by atoms with Crippen molar-refractivity contribution in [1.29, 1.82) is 0 Å². The molecule has 0 bridgehead atoms. The molecular weight excluding hydrogens is 280 g/mol. The van der Waals surface area contributed by atoms with Gasteiger partial charge >= 0.3 is 0 Å². The van der Waals surface area contributed by atoms with Gasteiger partial charge in [0.15, 0.2) is 0 Å². The van der Waals surface area contributed by atoms with Crippen molar-refractivity contribution in [2.75, 3.05) is 13.7 Å². The molecule has 1 aliphatic rings. The van der Waals surface area contributed by atoms with Crippen LogP contribution in [0, 0.1) is 6.92 Å². The lowest BCUT2D eigenvalue weighted by molar-refractivity contribution is 0.416. The van der Waals surface area contributed by atoms with E-state index in [0.29, 0.717) is 5.92 Å². The highest BCUT2D eigenvalue weighted by atomic mass is 32.1. The Morgan fingerprint density at radius 3 is 2.86 bits per heavy atom. The molecule has 0 atom stereocenters. The van der Waals surface area contributed by atoms with E-state index in [1.54, 1.807) is 18.4 Å². The van der Waals surface area contributed by atoms with E-state index in [1.165, 1.54) is 29.0 Å². The third-order valence-electron chi connectivity index (χ3n) is 3.81. The average Bonchev–Trinajstić information content (AvgIpc) is 3.25. The number of methoxy groups -OCH3 is 1. The quantitative estimate of drug-likeness (QED) is 0.872. The van der Waals surface area contributed by atoms with Gasteiger partial charge in [0, 0.05) is 17.3 Å². The van der Waals surface area contributed by atoms with Crippen molar-refractivity contribution in [2.45, 2.75) is 39.2 Å². The minimum absolute atomic E-state index is 0.681. The van der Waals surface area contributed by atoms with E-state index in [9.17, 15) is 0 Å². The van der Waals surface area contributed by atoms with E-state index in [-0.39, 0.29) is 0 Å². The Kier molecular flexibility index (Phi) is 4.27. The van der Waals surface area contributed by atoms with Crippen molar-refractivity contribution < 1.29 is 4.74 Å². The lowest BCUT2D eigenvalue weighted by Crippen LogP contribution is -2.11. The van der Waals surface area contributed by atoms with Crippen LogP contribution in [0.3, 0.4) is 0 Å². The molecule has 3 rings (SSSR count). The predicted molar refractivity (Wildman–Crippen MR) is 88.2 cm³/mol. The van der Waals surface area contributed by atoms with Crippen LogP contribution < -0.4 is 10.1 Å². The van der Waals surface area contributed by atoms with Crippen LogP contribution in [0.4, 0.5) is 0 Å². The first-order valence-electron chi connectivity index (χ1n) is 7.58. The molecule has 1 heterocycles. The highest BCUT2D eigenvalue weighted by Gasteiger charge is 2.30. The zero-order chi connectivity index (χ0) is 14.8. The van der Waals surface area contributed by atoms with Gasteiger partial charge in [-0.1, -0.05) is 13.0 Å². The molecule has 3 nitrogen and oxygen atoms in total. The van der Waals surface area contributed by atoms with Gasteiger partial charge in [-0.3, -0.25) is 0 Å². The van der Waals surface area contributed by atoms with E-state index < -0.39 is 0 Å². The number of thiazole rings is 1. The van der Waals surface area contributed by atoms with E-state index >= 15 is 0 Å². The van der Waals surface area contributed by atoms with E-state index in [1.807, 2.05) is 0 Å². The van der Waals surface area contributed by atoms with Crippen LogP contribution in [0.25, 0.3) is 10.6 Å². The lowest BCUT2D eigenvalue weighted by Gasteiger charge is -2.06. The Bertz CT molecular complexity index is 632. The smallest absolute Gasteiger partial charge is 0.129 e. The first-order chi connectivity index (χ1) is 10.2. The maximum atomic E-state index is 5.54. The van der Waals surface area contributed by atoms with Crippen LogP contribution in [-0.2, 0) is 6.54 Å². The van der Waals surface area contributed by atoms with E-state index in [4.69, 9.17) is 9.72 Å². The Morgan fingerprint density at radius 1 is 1.38 bits per heavy atom. The van der Waals surface area contributed by atoms with Gasteiger partial charge in [-0.25, -0.2) is 4.98 Å². The number of rotatable bonds is 6. The molecule has 1 aliphatic carbocycles. The molecule has 1 aromatic carbocycles. The summed E-state index contributed by atoms with van der Waals surface area (Å²) in [5, 5.41) is 4.51. The summed E-state index contributed by atoms with van der Waals surface area (Å²) in [4.78, 5) is 6.32. The summed E-state index contributed by atoms with van der Waals surface area (Å²) in [5.41, 5.74) is 3.62. The molecular formula is C17H22N2OS. The van der Waals surface area contributed by atoms with Crippen molar-refractivity contribution in [3.05, 3.63) is 34.3 Å². The molecule has 0 aliphatic heterocycles. The summed E-state index contributed by atoms with van der Waals surface area (Å²) in [5.74, 6) is 1.60. The van der Waals surface area contributed by atoms with Crippen LogP contribution in [0.1, 0.15) is 41.8 Å². The van der Waals surface area contributed by atoms with E-state index in [0.717, 1.165) is 29.4 Å². The average molecular weight is 302 g/mol. The van der Waals surface area contributed by atoms with Crippen molar-refractivity contribution in [3.63, 3.8) is 0 Å². The number of ether oxygens (including phenoxy) is 1. The fraction of sp³-hybridized carbons (Fsp3) is 0.471. The second kappa shape index (κ2) is 6.16. The summed E-state index contributed by atoms with van der Waals surface area (Å²) in [6, 6.07) is 6.33. The zero-order valence-corrected chi connectivity index (χ0v) is 13.7. The van der Waals surface area contributed by atoms with Gasteiger partial charge in [0.1, 0.15) is 10.8 Å². The molecule has 112 valence electrons. The van der Waals surface area contributed by atoms with Crippen molar-refractivity contribution in [3.8, 4) is 16.3 Å². The number of aryl methyl sites for hydroxylation is 1. The molecule has 0 amide bonds. The Balaban J connectivity index is 1.98. The molecule has 21 heavy (non-hydrogen) atoms. The monoisotopic (exact) mass is 302 g/mol. The minimum Gasteiger partial charge on any atom is -0.496 e. The number of hydrogen-bond acceptors (Lipinski definition) is 4. The molecule has 0 saturated heterocycles. The maximum absolute atomic E-state index is 5.54. The number of benzene rings is 1. The third kappa shape index (κ3) is 3.11. The molecule has 1 saturated carbocycles. The first-order valence-corrected chi connectivity index (χ1v) is 8.40. The molecule has 1 fully saturated rings. The summed E-state index contributed by atoms with van der Waals surface area (Å²) in [6.07, 6.45) is 2.57. The molecule has 0 unspecified atom stereocenters. The van der Waals surface area contributed by atoms with Crippen LogP contribution in [0.5, 0.6) is 5.75 Å². The minimum atomic E-state index is 0.681. The highest BCUT2D eigenvalue weighted by molar-refractivity contribution is 7.15. The fourth-order valence-corrected chi connectivity index (χ4v) is 3.64. The van der Waals surface area contributed by atoms with Gasteiger partial charge in [-0.2, -0.15) is 0 Å². The number of nitrogens with zero attached hydrogens (tertiary/aromatic N) is 1. The van der Waals surface area contributed by atoms with Gasteiger partial charge in [0.05, 0.1) is 18.4 Å². The number of aromatic nitrogens is 1. The van der Waals surface area contributed by atoms with Crippen LogP contribution >= 0.6 is 11.3 Å². The Morgan fingerprint density at radius 2 is 2.19 bits per heavy atom. The number of hydrogen-bond donors (Lipinski definition) is 1. The Labute approximate surface area is 130 Å². The van der Waals surface area contributed by atoms with E-state index in [2.05, 4.69) is 37.4 Å². The van der Waals surface area contributed by atoms with Gasteiger partial charge in [0.2, 0.25) is 0 Å². The third-order valence-corrected chi connectivity index (χ3v) is 4.92. The van der Waals surface area contributed by atoms with Crippen molar-refractivity contribution >= 4 is 11.3 Å². The molecule has 1 N–H and O–H groups in total. The Hall–Kier alpha value is -1.39. The van der Waals surface area contributed by atoms with Gasteiger partial charge < -0.3 is 10.1 Å². The first kappa shape index (κ1) is 14.5. The second-order valence-electron chi connectivity index (χ2n) is 5.59. The largest absolute Gasteiger partial charge is 0.496 e. The van der Waals surface area contributed by atoms with Crippen LogP contribution in [0.15, 0.2) is 18.2 Å². The highest BCUT2D eigenvalue weighted by Crippen LogP contribution is 2.45. The molecule has 2 aromatic rings. The van der Waals surface area contributed by atoms with Crippen molar-refractivity contribution in [2.24, 2.45) is 0 Å². The normalized spacial score (nSPS) is 14.4. The molecule has 1 aromatic heterocycles. The van der Waals surface area contributed by atoms with Crippen LogP contribution in [-0.4, -0.2) is 18.6 Å². The predicted octanol–water partition coefficient (Wildman–Crippen LogP) is 4.11. The molecule has 0 spiro atoms. The summed E-state index contributed by atoms with van der Waals surface area (Å²) >= 11 is 1.80. The lowest BCUT2D eigenvalue weighted by atomic mass is 10.1. The van der Waals surface area contributed by atoms with Gasteiger partial charge in [-0.05, 0) is 44.0 Å². The topological polar surface area (TPSA) is 34.1 Å². The zero-order valence-electron chi connectivity index (χ0n) is 12.9. The summed E-state index contributed by atoms with van der Waals surface area (Å²) < 4.78 is 5.54. The summed E-state index contributed by atoms with van der Waals surface area (Å²) in [6.45, 7) is 6.14. The second-order valence-corrected chi connectivity index (χ2v) is 6.67.